The van der Waals surface area contributed by atoms with E-state index in [1.807, 2.05) is 54.6 Å². The fourth-order valence-corrected chi connectivity index (χ4v) is 3.88. The van der Waals surface area contributed by atoms with Crippen molar-refractivity contribution < 1.29 is 4.79 Å². The summed E-state index contributed by atoms with van der Waals surface area (Å²) in [5, 5.41) is 10.2. The predicted molar refractivity (Wildman–Crippen MR) is 144 cm³/mol. The summed E-state index contributed by atoms with van der Waals surface area (Å²) in [6.07, 6.45) is 2.47. The van der Waals surface area contributed by atoms with Gasteiger partial charge in [-0.3, -0.25) is 4.79 Å². The highest BCUT2D eigenvalue weighted by Gasteiger charge is 2.11. The zero-order valence-corrected chi connectivity index (χ0v) is 20.4. The Labute approximate surface area is 211 Å². The molecule has 1 amide bonds. The molecule has 0 unspecified atom stereocenters. The highest BCUT2D eigenvalue weighted by atomic mass is 35.5. The van der Waals surface area contributed by atoms with Gasteiger partial charge in [-0.25, -0.2) is 4.98 Å². The van der Waals surface area contributed by atoms with E-state index in [4.69, 9.17) is 11.6 Å². The number of anilines is 2. The number of nitrogens with zero attached hydrogens (tertiary/aromatic N) is 1. The number of aromatic nitrogens is 1. The molecule has 5 nitrogen and oxygen atoms in total. The SMILES string of the molecule is C[C@@H](NCc1ccc(Cl)c(NC(=O)c2ccc(NCCc3ccccc3)nc2)c1)c1ccccc1. The van der Waals surface area contributed by atoms with Gasteiger partial charge < -0.3 is 16.0 Å². The van der Waals surface area contributed by atoms with E-state index in [0.717, 1.165) is 24.3 Å². The van der Waals surface area contributed by atoms with Gasteiger partial charge in [0.25, 0.3) is 5.91 Å². The number of pyridine rings is 1. The summed E-state index contributed by atoms with van der Waals surface area (Å²) in [6.45, 7) is 3.55. The number of amides is 1. The molecule has 3 aromatic carbocycles. The van der Waals surface area contributed by atoms with Crippen LogP contribution in [0.4, 0.5) is 11.5 Å². The molecule has 3 N–H and O–H groups in total. The lowest BCUT2D eigenvalue weighted by molar-refractivity contribution is 0.102. The van der Waals surface area contributed by atoms with Crippen molar-refractivity contribution in [1.82, 2.24) is 10.3 Å². The lowest BCUT2D eigenvalue weighted by Gasteiger charge is -2.15. The van der Waals surface area contributed by atoms with Crippen molar-refractivity contribution in [3.63, 3.8) is 0 Å². The van der Waals surface area contributed by atoms with Gasteiger partial charge in [0, 0.05) is 25.3 Å². The van der Waals surface area contributed by atoms with E-state index >= 15 is 0 Å². The van der Waals surface area contributed by atoms with Crippen LogP contribution in [0.1, 0.15) is 40.0 Å². The van der Waals surface area contributed by atoms with Crippen LogP contribution in [0.2, 0.25) is 5.02 Å². The Hall–Kier alpha value is -3.67. The van der Waals surface area contributed by atoms with E-state index in [0.29, 0.717) is 22.8 Å². The quantitative estimate of drug-likeness (QED) is 0.240. The number of carbonyl (C=O) groups is 1. The third-order valence-corrected chi connectivity index (χ3v) is 6.11. The topological polar surface area (TPSA) is 66.0 Å². The molecule has 0 aliphatic rings. The number of nitrogens with one attached hydrogen (secondary N) is 3. The maximum atomic E-state index is 12.8. The van der Waals surface area contributed by atoms with Gasteiger partial charge in [0.2, 0.25) is 0 Å². The number of carbonyl (C=O) groups excluding carboxylic acids is 1. The van der Waals surface area contributed by atoms with Crippen molar-refractivity contribution >= 4 is 29.0 Å². The van der Waals surface area contributed by atoms with Crippen LogP contribution in [0.5, 0.6) is 0 Å². The Kier molecular flexibility index (Phi) is 8.49. The molecular weight excluding hydrogens is 456 g/mol. The van der Waals surface area contributed by atoms with Crippen molar-refractivity contribution in [2.45, 2.75) is 25.9 Å². The molecule has 178 valence electrons. The number of hydrogen-bond donors (Lipinski definition) is 3. The van der Waals surface area contributed by atoms with Gasteiger partial charge in [-0.05, 0) is 54.3 Å². The summed E-state index contributed by atoms with van der Waals surface area (Å²) in [5.74, 6) is 0.481. The van der Waals surface area contributed by atoms with Crippen molar-refractivity contribution in [2.75, 3.05) is 17.2 Å². The highest BCUT2D eigenvalue weighted by Crippen LogP contribution is 2.24. The number of hydrogen-bond acceptors (Lipinski definition) is 4. The highest BCUT2D eigenvalue weighted by molar-refractivity contribution is 6.34. The van der Waals surface area contributed by atoms with Gasteiger partial charge in [-0.1, -0.05) is 78.3 Å². The summed E-state index contributed by atoms with van der Waals surface area (Å²) in [7, 11) is 0. The van der Waals surface area contributed by atoms with Crippen LogP contribution < -0.4 is 16.0 Å². The molecule has 0 saturated heterocycles. The molecule has 4 rings (SSSR count). The Bertz CT molecular complexity index is 1230. The second kappa shape index (κ2) is 12.2. The first-order valence-corrected chi connectivity index (χ1v) is 12.1. The zero-order valence-electron chi connectivity index (χ0n) is 19.7. The van der Waals surface area contributed by atoms with Crippen molar-refractivity contribution in [3.05, 3.63) is 124 Å². The summed E-state index contributed by atoms with van der Waals surface area (Å²) < 4.78 is 0. The Morgan fingerprint density at radius 3 is 2.37 bits per heavy atom. The maximum absolute atomic E-state index is 12.8. The minimum Gasteiger partial charge on any atom is -0.370 e. The van der Waals surface area contributed by atoms with E-state index in [2.05, 4.69) is 52.1 Å². The molecule has 0 aliphatic heterocycles. The Morgan fingerprint density at radius 1 is 0.914 bits per heavy atom. The molecule has 35 heavy (non-hydrogen) atoms. The third-order valence-electron chi connectivity index (χ3n) is 5.78. The third kappa shape index (κ3) is 7.15. The second-order valence-electron chi connectivity index (χ2n) is 8.38. The summed E-state index contributed by atoms with van der Waals surface area (Å²) in [4.78, 5) is 17.2. The van der Waals surface area contributed by atoms with Crippen LogP contribution in [0.15, 0.2) is 97.2 Å². The minimum atomic E-state index is -0.252. The number of rotatable bonds is 10. The summed E-state index contributed by atoms with van der Waals surface area (Å²) in [5.41, 5.74) is 4.56. The van der Waals surface area contributed by atoms with Gasteiger partial charge in [0.15, 0.2) is 0 Å². The number of benzene rings is 3. The summed E-state index contributed by atoms with van der Waals surface area (Å²) >= 11 is 6.36. The first-order valence-electron chi connectivity index (χ1n) is 11.7. The summed E-state index contributed by atoms with van der Waals surface area (Å²) in [6, 6.07) is 30.0. The van der Waals surface area contributed by atoms with Crippen LogP contribution in [0, 0.1) is 0 Å². The first-order chi connectivity index (χ1) is 17.1. The van der Waals surface area contributed by atoms with E-state index < -0.39 is 0 Å². The normalized spacial score (nSPS) is 11.6. The molecular formula is C29H29ClN4O. The van der Waals surface area contributed by atoms with Gasteiger partial charge in [-0.15, -0.1) is 0 Å². The zero-order chi connectivity index (χ0) is 24.5. The molecule has 0 radical (unpaired) electrons. The second-order valence-corrected chi connectivity index (χ2v) is 8.78. The molecule has 1 aromatic heterocycles. The van der Waals surface area contributed by atoms with Crippen LogP contribution in [0.3, 0.4) is 0 Å². The monoisotopic (exact) mass is 484 g/mol. The van der Waals surface area contributed by atoms with Crippen LogP contribution >= 0.6 is 11.6 Å². The average Bonchev–Trinajstić information content (AvgIpc) is 2.90. The standard InChI is InChI=1S/C29H29ClN4O/c1-21(24-10-6-3-7-11-24)32-19-23-12-14-26(30)27(18-23)34-29(35)25-13-15-28(33-20-25)31-17-16-22-8-4-2-5-9-22/h2-15,18,20-21,32H,16-17,19H2,1H3,(H,31,33)(H,34,35)/t21-/m1/s1. The van der Waals surface area contributed by atoms with Crippen LogP contribution in [-0.2, 0) is 13.0 Å². The van der Waals surface area contributed by atoms with Gasteiger partial charge >= 0.3 is 0 Å². The van der Waals surface area contributed by atoms with Crippen LogP contribution in [-0.4, -0.2) is 17.4 Å². The van der Waals surface area contributed by atoms with Crippen molar-refractivity contribution in [1.29, 1.82) is 0 Å². The first kappa shape index (κ1) is 24.5. The van der Waals surface area contributed by atoms with Gasteiger partial charge in [-0.2, -0.15) is 0 Å². The molecule has 1 atom stereocenters. The smallest absolute Gasteiger partial charge is 0.257 e. The Morgan fingerprint density at radius 2 is 1.66 bits per heavy atom. The largest absolute Gasteiger partial charge is 0.370 e. The Balaban J connectivity index is 1.31. The molecule has 0 fully saturated rings. The minimum absolute atomic E-state index is 0.204. The van der Waals surface area contributed by atoms with E-state index in [9.17, 15) is 4.79 Å². The van der Waals surface area contributed by atoms with E-state index in [-0.39, 0.29) is 11.9 Å². The molecule has 0 aliphatic carbocycles. The lowest BCUT2D eigenvalue weighted by atomic mass is 10.1. The van der Waals surface area contributed by atoms with Gasteiger partial charge in [0.05, 0.1) is 16.3 Å². The van der Waals surface area contributed by atoms with E-state index in [1.54, 1.807) is 18.3 Å². The molecule has 1 heterocycles. The number of halogens is 1. The van der Waals surface area contributed by atoms with E-state index in [1.165, 1.54) is 11.1 Å². The maximum Gasteiger partial charge on any atom is 0.257 e. The molecule has 6 heteroatoms. The molecule has 0 spiro atoms. The lowest BCUT2D eigenvalue weighted by Crippen LogP contribution is -2.18. The molecule has 0 saturated carbocycles. The predicted octanol–water partition coefficient (Wildman–Crippen LogP) is 6.49. The fraction of sp³-hybridized carbons (Fsp3) is 0.172. The fourth-order valence-electron chi connectivity index (χ4n) is 3.72. The molecule has 4 aromatic rings. The van der Waals surface area contributed by atoms with Gasteiger partial charge in [0.1, 0.15) is 5.82 Å². The van der Waals surface area contributed by atoms with Crippen molar-refractivity contribution in [3.8, 4) is 0 Å². The van der Waals surface area contributed by atoms with Crippen molar-refractivity contribution in [2.24, 2.45) is 0 Å². The average molecular weight is 485 g/mol. The molecule has 0 bridgehead atoms. The van der Waals surface area contributed by atoms with Crippen LogP contribution in [0.25, 0.3) is 0 Å².